The minimum absolute atomic E-state index is 0. The molecule has 0 saturated carbocycles. The van der Waals surface area contributed by atoms with Crippen LogP contribution in [0.1, 0.15) is 23.1 Å². The number of aromatic amines is 1. The smallest absolute Gasteiger partial charge is 0.868 e. The maximum Gasteiger partial charge on any atom is 1.00 e. The summed E-state index contributed by atoms with van der Waals surface area (Å²) in [5.41, 5.74) is 13.6. The van der Waals surface area contributed by atoms with E-state index in [4.69, 9.17) is 4.98 Å². The maximum atomic E-state index is 11.1. The van der Waals surface area contributed by atoms with Crippen molar-refractivity contribution in [2.24, 2.45) is 0 Å². The summed E-state index contributed by atoms with van der Waals surface area (Å²) in [7, 11) is 0. The summed E-state index contributed by atoms with van der Waals surface area (Å²) < 4.78 is 0. The second kappa shape index (κ2) is 13.7. The molecule has 0 aliphatic heterocycles. The molecule has 0 spiro atoms. The molecule has 3 nitrogen and oxygen atoms in total. The Bertz CT molecular complexity index is 3190. The zero-order chi connectivity index (χ0) is 36.5. The topological polar surface area (TPSA) is 50.1 Å². The van der Waals surface area contributed by atoms with Crippen molar-refractivity contribution in [3.63, 3.8) is 0 Å². The van der Waals surface area contributed by atoms with Crippen LogP contribution in [-0.2, 0) is 6.42 Å². The summed E-state index contributed by atoms with van der Waals surface area (Å²) in [6, 6.07) is 53.7. The number of benzene rings is 8. The van der Waals surface area contributed by atoms with E-state index in [2.05, 4.69) is 145 Å². The zero-order valence-electron chi connectivity index (χ0n) is 31.0. The van der Waals surface area contributed by atoms with E-state index in [1.54, 1.807) is 18.3 Å². The quantitative estimate of drug-likeness (QED) is 0.102. The molecule has 2 aliphatic carbocycles. The molecule has 4 heteroatoms. The molecule has 0 radical (unpaired) electrons. The van der Waals surface area contributed by atoms with Crippen molar-refractivity contribution in [3.8, 4) is 28.0 Å². The van der Waals surface area contributed by atoms with Crippen molar-refractivity contribution < 1.29 is 29.0 Å². The largest absolute Gasteiger partial charge is 1.00 e. The molecule has 2 heterocycles. The third-order valence-electron chi connectivity index (χ3n) is 11.5. The molecule has 0 amide bonds. The molecule has 2 aliphatic rings. The SMILES string of the molecule is C1=Cc2ccc3ccc(-c4cccc(-c5c6ccc7ccccc7c6nc6c5ccc5ccccc56)c4)c4c3c2C(=CC4)C1.[Li+].[O-]c1cccc2ccc[nH+]c12. The van der Waals surface area contributed by atoms with E-state index in [0.717, 1.165) is 29.3 Å². The molecule has 1 N–H and O–H groups in total. The monoisotopic (exact) mass is 709 g/mol. The van der Waals surface area contributed by atoms with Gasteiger partial charge in [-0.05, 0) is 97.3 Å². The van der Waals surface area contributed by atoms with Gasteiger partial charge in [0.15, 0.2) is 6.20 Å². The normalized spacial score (nSPS) is 12.8. The average Bonchev–Trinajstić information content (AvgIpc) is 3.25. The van der Waals surface area contributed by atoms with Crippen LogP contribution in [0.15, 0.2) is 170 Å². The fourth-order valence-electron chi connectivity index (χ4n) is 8.99. The van der Waals surface area contributed by atoms with Gasteiger partial charge in [0, 0.05) is 38.6 Å². The van der Waals surface area contributed by atoms with Gasteiger partial charge in [0.25, 0.3) is 0 Å². The Balaban J connectivity index is 0.000000277. The molecule has 258 valence electrons. The number of nitrogens with zero attached hydrogens (tertiary/aromatic N) is 1. The Kier molecular flexibility index (Phi) is 8.30. The molecule has 10 aromatic rings. The Morgan fingerprint density at radius 1 is 0.536 bits per heavy atom. The molecule has 8 aromatic carbocycles. The Morgan fingerprint density at radius 3 is 1.96 bits per heavy atom. The third-order valence-corrected chi connectivity index (χ3v) is 11.5. The van der Waals surface area contributed by atoms with Gasteiger partial charge in [-0.3, -0.25) is 0 Å². The number of allylic oxidation sites excluding steroid dienone is 3. The standard InChI is InChI=1S/C43H27N.C9H7NO.Li/c1-3-13-34-26(7-1)17-23-37-40(38-24-18-27-8-2-4-14-35(27)43(38)44-42(34)37)32-12-6-11-31(25-32)33-21-19-30-16-15-28-9-5-10-29-20-22-36(33)41(30)39(28)29;11-8-5-1-3-7-4-2-6-10-9(7)8;/h1-9,11-21,23-25H,10,22H2;1-6,11H;/q;;+1. The van der Waals surface area contributed by atoms with Gasteiger partial charge in [-0.1, -0.05) is 146 Å². The fraction of sp³-hybridized carbons (Fsp3) is 0.0385. The number of pyridine rings is 2. The molecule has 0 saturated heterocycles. The van der Waals surface area contributed by atoms with Crippen LogP contribution in [0.25, 0.3) is 98.9 Å². The van der Waals surface area contributed by atoms with Gasteiger partial charge in [0.05, 0.1) is 11.0 Å². The van der Waals surface area contributed by atoms with Crippen LogP contribution in [0.4, 0.5) is 0 Å². The van der Waals surface area contributed by atoms with Crippen molar-refractivity contribution in [2.45, 2.75) is 12.8 Å². The number of aromatic nitrogens is 2. The van der Waals surface area contributed by atoms with Gasteiger partial charge < -0.3 is 5.11 Å². The van der Waals surface area contributed by atoms with Crippen molar-refractivity contribution in [3.05, 3.63) is 187 Å². The first kappa shape index (κ1) is 34.0. The van der Waals surface area contributed by atoms with Crippen LogP contribution < -0.4 is 29.0 Å². The van der Waals surface area contributed by atoms with E-state index in [1.165, 1.54) is 87.6 Å². The third kappa shape index (κ3) is 5.43. The van der Waals surface area contributed by atoms with Gasteiger partial charge in [-0.2, -0.15) is 0 Å². The van der Waals surface area contributed by atoms with Gasteiger partial charge >= 0.3 is 18.9 Å². The molecule has 0 bridgehead atoms. The van der Waals surface area contributed by atoms with E-state index >= 15 is 0 Å². The van der Waals surface area contributed by atoms with Crippen LogP contribution in [0.5, 0.6) is 5.75 Å². The minimum atomic E-state index is 0. The number of hydrogen-bond acceptors (Lipinski definition) is 2. The summed E-state index contributed by atoms with van der Waals surface area (Å²) in [5, 5.41) is 22.1. The van der Waals surface area contributed by atoms with Crippen LogP contribution in [0, 0.1) is 0 Å². The number of H-pyrrole nitrogens is 1. The number of fused-ring (bicyclic) bond motifs is 7. The van der Waals surface area contributed by atoms with Crippen LogP contribution in [-0.4, -0.2) is 4.98 Å². The summed E-state index contributed by atoms with van der Waals surface area (Å²) in [6.07, 6.45) is 10.8. The van der Waals surface area contributed by atoms with E-state index in [1.807, 2.05) is 18.2 Å². The van der Waals surface area contributed by atoms with Crippen molar-refractivity contribution in [2.75, 3.05) is 0 Å². The van der Waals surface area contributed by atoms with Crippen LogP contribution in [0.3, 0.4) is 0 Å². The second-order valence-electron chi connectivity index (χ2n) is 14.6. The molecule has 0 atom stereocenters. The average molecular weight is 710 g/mol. The number of para-hydroxylation sites is 1. The van der Waals surface area contributed by atoms with Gasteiger partial charge in [0.2, 0.25) is 5.52 Å². The van der Waals surface area contributed by atoms with Crippen LogP contribution >= 0.6 is 0 Å². The van der Waals surface area contributed by atoms with E-state index in [0.29, 0.717) is 5.52 Å². The minimum Gasteiger partial charge on any atom is -0.868 e. The Hall–Kier alpha value is -6.50. The fourth-order valence-corrected chi connectivity index (χ4v) is 8.99. The van der Waals surface area contributed by atoms with Crippen LogP contribution in [0.2, 0.25) is 0 Å². The van der Waals surface area contributed by atoms with E-state index in [9.17, 15) is 5.11 Å². The Morgan fingerprint density at radius 2 is 1.20 bits per heavy atom. The molecule has 56 heavy (non-hydrogen) atoms. The number of rotatable bonds is 2. The first-order valence-electron chi connectivity index (χ1n) is 18.9. The first-order valence-corrected chi connectivity index (χ1v) is 18.9. The maximum absolute atomic E-state index is 11.1. The summed E-state index contributed by atoms with van der Waals surface area (Å²) in [4.78, 5) is 8.30. The molecular formula is C52H34LiN2O+. The van der Waals surface area contributed by atoms with E-state index < -0.39 is 0 Å². The van der Waals surface area contributed by atoms with Crippen molar-refractivity contribution >= 4 is 76.7 Å². The van der Waals surface area contributed by atoms with Crippen molar-refractivity contribution in [1.82, 2.24) is 4.98 Å². The first-order chi connectivity index (χ1) is 27.2. The summed E-state index contributed by atoms with van der Waals surface area (Å²) in [6.45, 7) is 0. The molecule has 2 aromatic heterocycles. The molecule has 12 rings (SSSR count). The predicted molar refractivity (Wildman–Crippen MR) is 228 cm³/mol. The molecular weight excluding hydrogens is 676 g/mol. The van der Waals surface area contributed by atoms with Gasteiger partial charge in [0.1, 0.15) is 0 Å². The number of nitrogens with one attached hydrogen (secondary N) is 1. The Labute approximate surface area is 336 Å². The predicted octanol–water partition coefficient (Wildman–Crippen LogP) is 9.27. The number of hydrogen-bond donors (Lipinski definition) is 0. The van der Waals surface area contributed by atoms with Crippen molar-refractivity contribution in [1.29, 1.82) is 0 Å². The molecule has 0 unspecified atom stereocenters. The summed E-state index contributed by atoms with van der Waals surface area (Å²) in [5.74, 6) is 0.0445. The van der Waals surface area contributed by atoms with Gasteiger partial charge in [-0.25, -0.2) is 9.97 Å². The van der Waals surface area contributed by atoms with Gasteiger partial charge in [-0.15, -0.1) is 0 Å². The molecule has 0 fully saturated rings. The van der Waals surface area contributed by atoms with E-state index in [-0.39, 0.29) is 24.6 Å². The summed E-state index contributed by atoms with van der Waals surface area (Å²) >= 11 is 0. The zero-order valence-corrected chi connectivity index (χ0v) is 31.0. The second-order valence-corrected chi connectivity index (χ2v) is 14.6.